The molecule has 0 unspecified atom stereocenters. The topological polar surface area (TPSA) is 27.3 Å². The van der Waals surface area contributed by atoms with Gasteiger partial charge in [-0.2, -0.15) is 0 Å². The van der Waals surface area contributed by atoms with Gasteiger partial charge in [0.2, 0.25) is 0 Å². The zero-order valence-corrected chi connectivity index (χ0v) is 10.6. The molecule has 0 aromatic heterocycles. The van der Waals surface area contributed by atoms with Gasteiger partial charge in [0, 0.05) is 39.3 Å². The third-order valence-electron chi connectivity index (χ3n) is 3.09. The van der Waals surface area contributed by atoms with E-state index in [1.807, 2.05) is 18.2 Å². The molecule has 1 aromatic rings. The molecule has 0 bridgehead atoms. The van der Waals surface area contributed by atoms with Gasteiger partial charge in [0.25, 0.3) is 0 Å². The van der Waals surface area contributed by atoms with E-state index in [-0.39, 0.29) is 5.82 Å². The van der Waals surface area contributed by atoms with Crippen molar-refractivity contribution < 1.29 is 4.39 Å². The van der Waals surface area contributed by atoms with Crippen LogP contribution >= 0.6 is 0 Å². The largest absolute Gasteiger partial charge is 0.367 e. The fourth-order valence-corrected chi connectivity index (χ4v) is 2.13. The summed E-state index contributed by atoms with van der Waals surface area (Å²) in [5.41, 5.74) is 1.82. The molecule has 1 heterocycles. The highest BCUT2D eigenvalue weighted by Crippen LogP contribution is 2.21. The molecule has 4 heteroatoms. The molecular weight excluding hydrogens is 229 g/mol. The zero-order valence-electron chi connectivity index (χ0n) is 10.6. The summed E-state index contributed by atoms with van der Waals surface area (Å²) in [6.07, 6.45) is 1.82. The Hall–Kier alpha value is -1.39. The third kappa shape index (κ3) is 3.31. The van der Waals surface area contributed by atoms with Gasteiger partial charge in [-0.3, -0.25) is 0 Å². The normalized spacial score (nSPS) is 15.7. The van der Waals surface area contributed by atoms with Gasteiger partial charge in [0.05, 0.1) is 5.69 Å². The van der Waals surface area contributed by atoms with Gasteiger partial charge >= 0.3 is 0 Å². The smallest absolute Gasteiger partial charge is 0.146 e. The van der Waals surface area contributed by atoms with E-state index in [1.54, 1.807) is 6.07 Å². The second-order valence-corrected chi connectivity index (χ2v) is 4.44. The van der Waals surface area contributed by atoms with Gasteiger partial charge in [-0.15, -0.1) is 6.58 Å². The van der Waals surface area contributed by atoms with E-state index < -0.39 is 0 Å². The van der Waals surface area contributed by atoms with Crippen molar-refractivity contribution in [3.8, 4) is 0 Å². The van der Waals surface area contributed by atoms with Crippen LogP contribution in [0.3, 0.4) is 0 Å². The number of nitrogens with zero attached hydrogens (tertiary/aromatic N) is 1. The van der Waals surface area contributed by atoms with Crippen molar-refractivity contribution in [2.45, 2.75) is 6.54 Å². The summed E-state index contributed by atoms with van der Waals surface area (Å²) in [5, 5.41) is 6.50. The Morgan fingerprint density at radius 3 is 2.89 bits per heavy atom. The zero-order chi connectivity index (χ0) is 12.8. The first-order valence-corrected chi connectivity index (χ1v) is 6.37. The van der Waals surface area contributed by atoms with E-state index in [0.29, 0.717) is 0 Å². The molecule has 3 nitrogen and oxygen atoms in total. The molecule has 1 aliphatic rings. The molecule has 1 fully saturated rings. The second kappa shape index (κ2) is 6.52. The molecule has 98 valence electrons. The lowest BCUT2D eigenvalue weighted by Gasteiger charge is -2.30. The van der Waals surface area contributed by atoms with Crippen molar-refractivity contribution in [1.29, 1.82) is 0 Å². The maximum absolute atomic E-state index is 13.8. The summed E-state index contributed by atoms with van der Waals surface area (Å²) in [6, 6.07) is 5.33. The lowest BCUT2D eigenvalue weighted by molar-refractivity contribution is 0.565. The van der Waals surface area contributed by atoms with Gasteiger partial charge in [-0.05, 0) is 17.7 Å². The van der Waals surface area contributed by atoms with Gasteiger partial charge in [0.1, 0.15) is 5.82 Å². The van der Waals surface area contributed by atoms with Crippen molar-refractivity contribution >= 4 is 5.69 Å². The second-order valence-electron chi connectivity index (χ2n) is 4.44. The summed E-state index contributed by atoms with van der Waals surface area (Å²) in [4.78, 5) is 2.10. The quantitative estimate of drug-likeness (QED) is 0.612. The molecule has 1 aliphatic heterocycles. The molecule has 0 saturated carbocycles. The van der Waals surface area contributed by atoms with Crippen LogP contribution in [0.15, 0.2) is 30.9 Å². The van der Waals surface area contributed by atoms with Crippen LogP contribution in [0.25, 0.3) is 0 Å². The Morgan fingerprint density at radius 1 is 1.39 bits per heavy atom. The van der Waals surface area contributed by atoms with Crippen molar-refractivity contribution in [3.05, 3.63) is 42.2 Å². The van der Waals surface area contributed by atoms with E-state index >= 15 is 0 Å². The van der Waals surface area contributed by atoms with E-state index in [2.05, 4.69) is 22.1 Å². The number of piperazine rings is 1. The maximum atomic E-state index is 13.8. The monoisotopic (exact) mass is 249 g/mol. The van der Waals surface area contributed by atoms with Crippen LogP contribution in [0.4, 0.5) is 10.1 Å². The van der Waals surface area contributed by atoms with Crippen LogP contribution in [0.1, 0.15) is 5.56 Å². The molecule has 0 amide bonds. The molecule has 1 saturated heterocycles. The molecule has 1 aromatic carbocycles. The molecular formula is C14H20FN3. The van der Waals surface area contributed by atoms with Gasteiger partial charge in [-0.1, -0.05) is 12.1 Å². The Labute approximate surface area is 108 Å². The summed E-state index contributed by atoms with van der Waals surface area (Å²) >= 11 is 0. The summed E-state index contributed by atoms with van der Waals surface area (Å²) in [7, 11) is 0. The average Bonchev–Trinajstić information content (AvgIpc) is 2.42. The summed E-state index contributed by atoms with van der Waals surface area (Å²) in [5.74, 6) is -0.135. The maximum Gasteiger partial charge on any atom is 0.146 e. The van der Waals surface area contributed by atoms with Crippen LogP contribution in [0.5, 0.6) is 0 Å². The molecule has 0 spiro atoms. The van der Waals surface area contributed by atoms with Gasteiger partial charge in [0.15, 0.2) is 0 Å². The lowest BCUT2D eigenvalue weighted by Crippen LogP contribution is -2.43. The molecule has 2 rings (SSSR count). The molecule has 2 N–H and O–H groups in total. The number of hydrogen-bond acceptors (Lipinski definition) is 3. The number of halogens is 1. The number of nitrogens with one attached hydrogen (secondary N) is 2. The highest BCUT2D eigenvalue weighted by atomic mass is 19.1. The number of rotatable bonds is 5. The number of benzene rings is 1. The van der Waals surface area contributed by atoms with Crippen molar-refractivity contribution in [2.24, 2.45) is 0 Å². The van der Waals surface area contributed by atoms with E-state index in [9.17, 15) is 4.39 Å². The average molecular weight is 249 g/mol. The van der Waals surface area contributed by atoms with E-state index in [4.69, 9.17) is 0 Å². The Kier molecular flexibility index (Phi) is 4.73. The minimum Gasteiger partial charge on any atom is -0.367 e. The summed E-state index contributed by atoms with van der Waals surface area (Å²) < 4.78 is 13.8. The highest BCUT2D eigenvalue weighted by molar-refractivity contribution is 5.50. The van der Waals surface area contributed by atoms with Crippen LogP contribution in [0, 0.1) is 5.82 Å². The van der Waals surface area contributed by atoms with Crippen LogP contribution < -0.4 is 15.5 Å². The summed E-state index contributed by atoms with van der Waals surface area (Å²) in [6.45, 7) is 8.72. The van der Waals surface area contributed by atoms with E-state index in [0.717, 1.165) is 50.5 Å². The van der Waals surface area contributed by atoms with Crippen LogP contribution in [-0.2, 0) is 6.54 Å². The van der Waals surface area contributed by atoms with Gasteiger partial charge < -0.3 is 15.5 Å². The third-order valence-corrected chi connectivity index (χ3v) is 3.09. The van der Waals surface area contributed by atoms with Gasteiger partial charge in [-0.25, -0.2) is 4.39 Å². The highest BCUT2D eigenvalue weighted by Gasteiger charge is 2.14. The van der Waals surface area contributed by atoms with Crippen molar-refractivity contribution in [3.63, 3.8) is 0 Å². The molecule has 0 radical (unpaired) electrons. The number of anilines is 1. The lowest BCUT2D eigenvalue weighted by atomic mass is 10.1. The first-order valence-electron chi connectivity index (χ1n) is 6.37. The standard InChI is InChI=1S/C14H20FN3/c1-2-5-17-11-12-3-4-13(15)14(10-12)18-8-6-16-7-9-18/h2-4,10,16-17H,1,5-9,11H2. The Morgan fingerprint density at radius 2 is 2.17 bits per heavy atom. The first-order chi connectivity index (χ1) is 8.81. The fraction of sp³-hybridized carbons (Fsp3) is 0.429. The predicted molar refractivity (Wildman–Crippen MR) is 73.4 cm³/mol. The minimum absolute atomic E-state index is 0.135. The molecule has 0 aliphatic carbocycles. The number of hydrogen-bond donors (Lipinski definition) is 2. The van der Waals surface area contributed by atoms with Crippen molar-refractivity contribution in [2.75, 3.05) is 37.6 Å². The fourth-order valence-electron chi connectivity index (χ4n) is 2.13. The first kappa shape index (κ1) is 13.1. The predicted octanol–water partition coefficient (Wildman–Crippen LogP) is 1.51. The van der Waals surface area contributed by atoms with Crippen molar-refractivity contribution in [1.82, 2.24) is 10.6 Å². The molecule has 18 heavy (non-hydrogen) atoms. The van der Waals surface area contributed by atoms with E-state index in [1.165, 1.54) is 0 Å². The molecule has 0 atom stereocenters. The minimum atomic E-state index is -0.135. The Balaban J connectivity index is 2.07. The van der Waals surface area contributed by atoms with Crippen LogP contribution in [0.2, 0.25) is 0 Å². The van der Waals surface area contributed by atoms with Crippen LogP contribution in [-0.4, -0.2) is 32.7 Å². The Bertz CT molecular complexity index is 400. The SMILES string of the molecule is C=CCNCc1ccc(F)c(N2CCNCC2)c1.